The summed E-state index contributed by atoms with van der Waals surface area (Å²) in [5.41, 5.74) is 5.30. The van der Waals surface area contributed by atoms with Gasteiger partial charge in [-0.25, -0.2) is 0 Å². The van der Waals surface area contributed by atoms with Crippen molar-refractivity contribution in [1.29, 1.82) is 0 Å². The minimum absolute atomic E-state index is 0.0154. The van der Waals surface area contributed by atoms with Crippen LogP contribution in [-0.4, -0.2) is 17.5 Å². The molecule has 1 aromatic rings. The van der Waals surface area contributed by atoms with Gasteiger partial charge in [0.15, 0.2) is 4.20 Å². The van der Waals surface area contributed by atoms with E-state index in [9.17, 15) is 17.5 Å². The Balaban J connectivity index is 3.27. The Kier molecular flexibility index (Phi) is 3.51. The number of hydrogen-bond acceptors (Lipinski definition) is 5. The van der Waals surface area contributed by atoms with Crippen LogP contribution in [0.15, 0.2) is 30.3 Å². The third kappa shape index (κ3) is 1.91. The van der Waals surface area contributed by atoms with Crippen LogP contribution >= 0.6 is 0 Å². The molecule has 0 spiro atoms. The smallest absolute Gasteiger partial charge is 0.167 e. The van der Waals surface area contributed by atoms with Crippen molar-refractivity contribution >= 4 is 22.2 Å². The summed E-state index contributed by atoms with van der Waals surface area (Å²) in [5, 5.41) is 0. The monoisotopic (exact) mass is 233 g/mol. The standard InChI is InChI=1S/C7H9NO4S2/c8-7(13(9)10,14(11)12)6-4-2-1-3-5-6/h1-5H,8H2,(H,9,10)(H,11,12)/p-2. The summed E-state index contributed by atoms with van der Waals surface area (Å²) in [5.74, 6) is 0. The fraction of sp³-hybridized carbons (Fsp3) is 0.143. The highest BCUT2D eigenvalue weighted by Gasteiger charge is 2.30. The zero-order chi connectivity index (χ0) is 10.8. The van der Waals surface area contributed by atoms with Crippen molar-refractivity contribution in [1.82, 2.24) is 0 Å². The lowest BCUT2D eigenvalue weighted by atomic mass is 10.2. The topological polar surface area (TPSA) is 106 Å². The highest BCUT2D eigenvalue weighted by molar-refractivity contribution is 7.98. The largest absolute Gasteiger partial charge is 0.770 e. The Labute approximate surface area is 85.9 Å². The van der Waals surface area contributed by atoms with E-state index in [1.165, 1.54) is 24.3 Å². The summed E-state index contributed by atoms with van der Waals surface area (Å²) in [6.07, 6.45) is 0. The molecule has 0 aliphatic carbocycles. The van der Waals surface area contributed by atoms with E-state index in [1.54, 1.807) is 6.07 Å². The van der Waals surface area contributed by atoms with Crippen LogP contribution < -0.4 is 5.73 Å². The lowest BCUT2D eigenvalue weighted by Crippen LogP contribution is -2.45. The average molecular weight is 233 g/mol. The van der Waals surface area contributed by atoms with E-state index in [2.05, 4.69) is 0 Å². The molecule has 0 aliphatic heterocycles. The summed E-state index contributed by atoms with van der Waals surface area (Å²) < 4.78 is 40.6. The first-order chi connectivity index (χ1) is 6.49. The molecule has 5 nitrogen and oxygen atoms in total. The molecule has 0 amide bonds. The van der Waals surface area contributed by atoms with E-state index in [0.29, 0.717) is 0 Å². The van der Waals surface area contributed by atoms with E-state index >= 15 is 0 Å². The third-order valence-electron chi connectivity index (χ3n) is 1.67. The maximum Gasteiger partial charge on any atom is 0.167 e. The molecule has 2 N–H and O–H groups in total. The molecule has 0 saturated carbocycles. The molecule has 0 aromatic heterocycles. The van der Waals surface area contributed by atoms with Crippen LogP contribution in [0.3, 0.4) is 0 Å². The number of hydrogen-bond donors (Lipinski definition) is 1. The van der Waals surface area contributed by atoms with Crippen molar-refractivity contribution in [3.63, 3.8) is 0 Å². The second-order valence-electron chi connectivity index (χ2n) is 2.50. The maximum absolute atomic E-state index is 10.7. The molecular formula is C7H7NO4S2-2. The first-order valence-electron chi connectivity index (χ1n) is 3.52. The lowest BCUT2D eigenvalue weighted by molar-refractivity contribution is 0.486. The molecule has 0 radical (unpaired) electrons. The van der Waals surface area contributed by atoms with E-state index in [0.717, 1.165) is 0 Å². The van der Waals surface area contributed by atoms with Crippen molar-refractivity contribution in [2.75, 3.05) is 0 Å². The lowest BCUT2D eigenvalue weighted by Gasteiger charge is -2.33. The van der Waals surface area contributed by atoms with Gasteiger partial charge in [-0.2, -0.15) is 0 Å². The summed E-state index contributed by atoms with van der Waals surface area (Å²) in [4.78, 5) is 0. The Bertz CT molecular complexity index is 353. The number of nitrogens with two attached hydrogens (primary N) is 1. The van der Waals surface area contributed by atoms with Crippen LogP contribution in [-0.2, 0) is 26.4 Å². The van der Waals surface area contributed by atoms with E-state index in [-0.39, 0.29) is 5.56 Å². The van der Waals surface area contributed by atoms with Crippen LogP contribution in [0.4, 0.5) is 0 Å². The molecule has 0 aliphatic rings. The van der Waals surface area contributed by atoms with Gasteiger partial charge in [0, 0.05) is 0 Å². The molecule has 0 bridgehead atoms. The fourth-order valence-corrected chi connectivity index (χ4v) is 2.02. The first kappa shape index (κ1) is 11.5. The molecule has 1 aromatic carbocycles. The predicted molar refractivity (Wildman–Crippen MR) is 50.1 cm³/mol. The quantitative estimate of drug-likeness (QED) is 0.709. The van der Waals surface area contributed by atoms with Crippen LogP contribution in [0.1, 0.15) is 5.56 Å². The van der Waals surface area contributed by atoms with Gasteiger partial charge in [-0.15, -0.1) is 0 Å². The van der Waals surface area contributed by atoms with E-state index < -0.39 is 26.4 Å². The van der Waals surface area contributed by atoms with Gasteiger partial charge in [0.1, 0.15) is 0 Å². The van der Waals surface area contributed by atoms with Gasteiger partial charge in [0.2, 0.25) is 0 Å². The van der Waals surface area contributed by atoms with Gasteiger partial charge in [0.05, 0.1) is 0 Å². The predicted octanol–water partition coefficient (Wildman–Crippen LogP) is -0.486. The Morgan fingerprint density at radius 3 is 1.86 bits per heavy atom. The van der Waals surface area contributed by atoms with Crippen molar-refractivity contribution in [2.24, 2.45) is 5.73 Å². The molecule has 0 heterocycles. The van der Waals surface area contributed by atoms with Gasteiger partial charge in [0.25, 0.3) is 0 Å². The average Bonchev–Trinajstić information content (AvgIpc) is 2.17. The second-order valence-corrected chi connectivity index (χ2v) is 4.99. The molecule has 14 heavy (non-hydrogen) atoms. The van der Waals surface area contributed by atoms with E-state index in [1.807, 2.05) is 0 Å². The molecule has 78 valence electrons. The van der Waals surface area contributed by atoms with Crippen molar-refractivity contribution in [2.45, 2.75) is 4.20 Å². The van der Waals surface area contributed by atoms with Gasteiger partial charge >= 0.3 is 0 Å². The first-order valence-corrected chi connectivity index (χ1v) is 5.67. The van der Waals surface area contributed by atoms with Gasteiger partial charge in [-0.3, -0.25) is 8.42 Å². The Hall–Kier alpha value is -0.600. The van der Waals surface area contributed by atoms with Crippen LogP contribution in [0.2, 0.25) is 0 Å². The normalized spacial score (nSPS) is 19.6. The van der Waals surface area contributed by atoms with Gasteiger partial charge < -0.3 is 14.8 Å². The van der Waals surface area contributed by atoms with Crippen molar-refractivity contribution in [3.8, 4) is 0 Å². The van der Waals surface area contributed by atoms with Crippen molar-refractivity contribution in [3.05, 3.63) is 35.9 Å². The third-order valence-corrected chi connectivity index (χ3v) is 3.95. The van der Waals surface area contributed by atoms with Crippen LogP contribution in [0.5, 0.6) is 0 Å². The minimum Gasteiger partial charge on any atom is -0.770 e. The van der Waals surface area contributed by atoms with Crippen molar-refractivity contribution < 1.29 is 17.5 Å². The summed E-state index contributed by atoms with van der Waals surface area (Å²) in [6.45, 7) is 0. The highest BCUT2D eigenvalue weighted by atomic mass is 32.3. The molecule has 2 unspecified atom stereocenters. The summed E-state index contributed by atoms with van der Waals surface area (Å²) >= 11 is -5.87. The maximum atomic E-state index is 10.7. The molecule has 2 atom stereocenters. The molecule has 0 fully saturated rings. The Morgan fingerprint density at radius 2 is 1.50 bits per heavy atom. The molecular weight excluding hydrogens is 226 g/mol. The summed E-state index contributed by atoms with van der Waals surface area (Å²) in [7, 11) is 0. The minimum atomic E-state index is -2.93. The van der Waals surface area contributed by atoms with Crippen LogP contribution in [0.25, 0.3) is 0 Å². The molecule has 1 rings (SSSR count). The Morgan fingerprint density at radius 1 is 1.07 bits per heavy atom. The van der Waals surface area contributed by atoms with Gasteiger partial charge in [-0.05, 0) is 27.7 Å². The zero-order valence-corrected chi connectivity index (χ0v) is 8.55. The van der Waals surface area contributed by atoms with Gasteiger partial charge in [-0.1, -0.05) is 30.3 Å². The fourth-order valence-electron chi connectivity index (χ4n) is 0.918. The summed E-state index contributed by atoms with van der Waals surface area (Å²) in [6, 6.07) is 7.33. The van der Waals surface area contributed by atoms with E-state index in [4.69, 9.17) is 5.73 Å². The zero-order valence-electron chi connectivity index (χ0n) is 6.91. The second kappa shape index (κ2) is 4.28. The molecule has 0 saturated heterocycles. The number of rotatable bonds is 3. The molecule has 7 heteroatoms. The number of benzene rings is 1. The van der Waals surface area contributed by atoms with Crippen LogP contribution in [0, 0.1) is 0 Å². The highest BCUT2D eigenvalue weighted by Crippen LogP contribution is 2.23. The SMILES string of the molecule is NC(c1ccccc1)(S(=O)[O-])S(=O)[O-].